The summed E-state index contributed by atoms with van der Waals surface area (Å²) in [5.41, 5.74) is 9.55. The molecule has 6 N–H and O–H groups in total. The zero-order valence-corrected chi connectivity index (χ0v) is 18.9. The topological polar surface area (TPSA) is 146 Å². The Balaban J connectivity index is 2.11. The predicted octanol–water partition coefficient (Wildman–Crippen LogP) is 2.34. The number of hydrogen-bond acceptors (Lipinski definition) is 8. The molecule has 0 aliphatic carbocycles. The Morgan fingerprint density at radius 1 is 1.23 bits per heavy atom. The van der Waals surface area contributed by atoms with Gasteiger partial charge in [0.25, 0.3) is 0 Å². The van der Waals surface area contributed by atoms with Crippen molar-refractivity contribution in [3.63, 3.8) is 0 Å². The molecular weight excluding hydrogens is 426 g/mol. The van der Waals surface area contributed by atoms with Crippen LogP contribution in [0.3, 0.4) is 0 Å². The number of nitrogens with one attached hydrogen (secondary N) is 4. The number of nitrogens with zero attached hydrogens (tertiary/aromatic N) is 2. The Kier molecular flexibility index (Phi) is 7.77. The van der Waals surface area contributed by atoms with Crippen LogP contribution >= 0.6 is 11.6 Å². The van der Waals surface area contributed by atoms with E-state index in [0.717, 1.165) is 16.7 Å². The maximum atomic E-state index is 12.4. The molecule has 11 heteroatoms. The molecule has 0 unspecified atom stereocenters. The van der Waals surface area contributed by atoms with E-state index in [1.165, 1.54) is 14.0 Å². The van der Waals surface area contributed by atoms with Crippen molar-refractivity contribution in [1.82, 2.24) is 20.0 Å². The monoisotopic (exact) mass is 451 g/mol. The van der Waals surface area contributed by atoms with Gasteiger partial charge < -0.3 is 21.8 Å². The number of sulfonamides is 1. The number of benzene rings is 1. The fourth-order valence-electron chi connectivity index (χ4n) is 2.77. The third kappa shape index (κ3) is 5.68. The fraction of sp³-hybridized carbons (Fsp3) is 0.316. The summed E-state index contributed by atoms with van der Waals surface area (Å²) in [4.78, 5) is 8.17. The number of aryl methyl sites for hydroxylation is 1. The molecule has 0 bridgehead atoms. The SMILES string of the molecule is CN/C(Cl)=C(\C(C)=N)S(=O)(=O)NCCNc1cc(-c2cccc(C)c2C)nc(N)n1. The fourth-order valence-corrected chi connectivity index (χ4v) is 4.47. The molecule has 1 heterocycles. The summed E-state index contributed by atoms with van der Waals surface area (Å²) < 4.78 is 27.3. The van der Waals surface area contributed by atoms with Crippen LogP contribution in [0.5, 0.6) is 0 Å². The maximum Gasteiger partial charge on any atom is 0.245 e. The van der Waals surface area contributed by atoms with Crippen molar-refractivity contribution in [3.8, 4) is 11.3 Å². The van der Waals surface area contributed by atoms with Crippen LogP contribution in [0.25, 0.3) is 11.3 Å². The second-order valence-corrected chi connectivity index (χ2v) is 8.67. The minimum atomic E-state index is -3.94. The molecule has 30 heavy (non-hydrogen) atoms. The molecule has 0 fully saturated rings. The van der Waals surface area contributed by atoms with Crippen molar-refractivity contribution in [2.45, 2.75) is 20.8 Å². The van der Waals surface area contributed by atoms with Crippen molar-refractivity contribution in [2.75, 3.05) is 31.2 Å². The molecule has 0 amide bonds. The Hall–Kier alpha value is -2.69. The smallest absolute Gasteiger partial charge is 0.245 e. The first-order valence-electron chi connectivity index (χ1n) is 9.14. The lowest BCUT2D eigenvalue weighted by atomic mass is 10.0. The highest BCUT2D eigenvalue weighted by atomic mass is 35.5. The zero-order chi connectivity index (χ0) is 22.5. The van der Waals surface area contributed by atoms with Crippen molar-refractivity contribution in [1.29, 1.82) is 5.41 Å². The van der Waals surface area contributed by atoms with Crippen molar-refractivity contribution in [2.24, 2.45) is 0 Å². The number of halogens is 1. The quantitative estimate of drug-likeness (QED) is 0.223. The molecule has 0 radical (unpaired) electrons. The van der Waals surface area contributed by atoms with E-state index in [1.807, 2.05) is 32.0 Å². The molecular formula is C19H26ClN7O2S. The van der Waals surface area contributed by atoms with Gasteiger partial charge in [-0.05, 0) is 31.9 Å². The molecule has 0 aliphatic rings. The first kappa shape index (κ1) is 23.6. The number of aromatic nitrogens is 2. The number of nitrogens with two attached hydrogens (primary N) is 1. The summed E-state index contributed by atoms with van der Waals surface area (Å²) in [6.45, 7) is 5.68. The third-order valence-corrected chi connectivity index (χ3v) is 6.50. The summed E-state index contributed by atoms with van der Waals surface area (Å²) in [7, 11) is -2.46. The normalized spacial score (nSPS) is 12.3. The van der Waals surface area contributed by atoms with Crippen LogP contribution in [0.15, 0.2) is 34.3 Å². The first-order valence-corrected chi connectivity index (χ1v) is 11.0. The third-order valence-electron chi connectivity index (χ3n) is 4.38. The van der Waals surface area contributed by atoms with E-state index in [-0.39, 0.29) is 34.8 Å². The first-order chi connectivity index (χ1) is 14.1. The van der Waals surface area contributed by atoms with E-state index in [1.54, 1.807) is 6.07 Å². The Labute approximate surface area is 181 Å². The van der Waals surface area contributed by atoms with Crippen LogP contribution in [-0.2, 0) is 10.0 Å². The maximum absolute atomic E-state index is 12.4. The molecule has 0 atom stereocenters. The van der Waals surface area contributed by atoms with Gasteiger partial charge in [0, 0.05) is 31.8 Å². The van der Waals surface area contributed by atoms with Crippen LogP contribution in [-0.4, -0.2) is 44.2 Å². The minimum Gasteiger partial charge on any atom is -0.378 e. The van der Waals surface area contributed by atoms with Gasteiger partial charge in [-0.2, -0.15) is 4.98 Å². The van der Waals surface area contributed by atoms with Crippen LogP contribution in [0, 0.1) is 19.3 Å². The lowest BCUT2D eigenvalue weighted by molar-refractivity contribution is 0.590. The molecule has 0 spiro atoms. The van der Waals surface area contributed by atoms with Crippen LogP contribution in [0.1, 0.15) is 18.1 Å². The van der Waals surface area contributed by atoms with E-state index in [4.69, 9.17) is 22.7 Å². The van der Waals surface area contributed by atoms with Gasteiger partial charge in [0.1, 0.15) is 15.9 Å². The Morgan fingerprint density at radius 2 is 1.93 bits per heavy atom. The second-order valence-electron chi connectivity index (χ2n) is 6.59. The van der Waals surface area contributed by atoms with Gasteiger partial charge in [-0.1, -0.05) is 29.8 Å². The standard InChI is InChI=1S/C19H26ClN7O2S/c1-11-6-5-7-14(12(11)2)15-10-16(27-19(22)26-15)24-8-9-25-30(28,29)17(13(3)21)18(20)23-4/h5-7,10,21,23,25H,8-9H2,1-4H3,(H3,22,24,26,27)/b18-17+,21-13?. The van der Waals surface area contributed by atoms with Crippen molar-refractivity contribution in [3.05, 3.63) is 45.5 Å². The molecule has 1 aromatic heterocycles. The number of nitrogen functional groups attached to an aromatic ring is 1. The number of rotatable bonds is 9. The van der Waals surface area contributed by atoms with Gasteiger partial charge in [0.05, 0.1) is 11.4 Å². The Morgan fingerprint density at radius 3 is 2.57 bits per heavy atom. The summed E-state index contributed by atoms with van der Waals surface area (Å²) >= 11 is 5.90. The lowest BCUT2D eigenvalue weighted by Crippen LogP contribution is -2.33. The highest BCUT2D eigenvalue weighted by molar-refractivity contribution is 7.94. The van der Waals surface area contributed by atoms with E-state index in [9.17, 15) is 8.42 Å². The van der Waals surface area contributed by atoms with Crippen LogP contribution < -0.4 is 21.1 Å². The molecule has 9 nitrogen and oxygen atoms in total. The van der Waals surface area contributed by atoms with Crippen molar-refractivity contribution < 1.29 is 8.42 Å². The van der Waals surface area contributed by atoms with Gasteiger partial charge in [0.2, 0.25) is 16.0 Å². The number of allylic oxidation sites excluding steroid dienone is 1. The molecule has 0 aliphatic heterocycles. The van der Waals surface area contributed by atoms with E-state index < -0.39 is 10.0 Å². The van der Waals surface area contributed by atoms with E-state index in [2.05, 4.69) is 25.3 Å². The zero-order valence-electron chi connectivity index (χ0n) is 17.3. The number of hydrogen-bond donors (Lipinski definition) is 5. The molecule has 2 aromatic rings. The predicted molar refractivity (Wildman–Crippen MR) is 122 cm³/mol. The Bertz CT molecular complexity index is 1080. The highest BCUT2D eigenvalue weighted by Crippen LogP contribution is 2.26. The van der Waals surface area contributed by atoms with Gasteiger partial charge >= 0.3 is 0 Å². The van der Waals surface area contributed by atoms with Gasteiger partial charge in [-0.25, -0.2) is 18.1 Å². The van der Waals surface area contributed by atoms with Gasteiger partial charge in [-0.3, -0.25) is 0 Å². The summed E-state index contributed by atoms with van der Waals surface area (Å²) in [5.74, 6) is 0.590. The van der Waals surface area contributed by atoms with Crippen LogP contribution in [0.2, 0.25) is 0 Å². The second kappa shape index (κ2) is 9.88. The van der Waals surface area contributed by atoms with Crippen LogP contribution in [0.4, 0.5) is 11.8 Å². The average Bonchev–Trinajstić information content (AvgIpc) is 2.66. The highest BCUT2D eigenvalue weighted by Gasteiger charge is 2.23. The lowest BCUT2D eigenvalue weighted by Gasteiger charge is -2.13. The van der Waals surface area contributed by atoms with Gasteiger partial charge in [0.15, 0.2) is 0 Å². The molecule has 1 aromatic carbocycles. The summed E-state index contributed by atoms with van der Waals surface area (Å²) in [6, 6.07) is 7.69. The molecule has 162 valence electrons. The molecule has 0 saturated carbocycles. The molecule has 0 saturated heterocycles. The largest absolute Gasteiger partial charge is 0.378 e. The van der Waals surface area contributed by atoms with E-state index in [0.29, 0.717) is 11.5 Å². The van der Waals surface area contributed by atoms with Gasteiger partial charge in [-0.15, -0.1) is 0 Å². The van der Waals surface area contributed by atoms with E-state index >= 15 is 0 Å². The minimum absolute atomic E-state index is 0.0513. The molecule has 2 rings (SSSR count). The van der Waals surface area contributed by atoms with Crippen molar-refractivity contribution >= 4 is 39.1 Å². The average molecular weight is 452 g/mol. The summed E-state index contributed by atoms with van der Waals surface area (Å²) in [5, 5.41) is 13.1. The summed E-state index contributed by atoms with van der Waals surface area (Å²) in [6.07, 6.45) is 0. The number of anilines is 2.